The fourth-order valence-electron chi connectivity index (χ4n) is 1.43. The summed E-state index contributed by atoms with van der Waals surface area (Å²) in [5.74, 6) is 1.59. The van der Waals surface area contributed by atoms with Crippen molar-refractivity contribution < 1.29 is 9.94 Å². The van der Waals surface area contributed by atoms with Crippen LogP contribution >= 0.6 is 0 Å². The molecule has 0 bridgehead atoms. The van der Waals surface area contributed by atoms with Crippen LogP contribution in [0.3, 0.4) is 0 Å². The van der Waals surface area contributed by atoms with E-state index in [0.717, 1.165) is 17.7 Å². The van der Waals surface area contributed by atoms with Crippen LogP contribution < -0.4 is 10.5 Å². The van der Waals surface area contributed by atoms with Crippen LogP contribution in [0.15, 0.2) is 23.4 Å². The van der Waals surface area contributed by atoms with Crippen LogP contribution in [0.5, 0.6) is 5.75 Å². The summed E-state index contributed by atoms with van der Waals surface area (Å²) < 4.78 is 5.67. The molecule has 3 N–H and O–H groups in total. The number of ether oxygens (including phenoxy) is 1. The molecule has 0 fully saturated rings. The Bertz CT molecular complexity index is 400. The smallest absolute Gasteiger partial charge is 0.170 e. The predicted octanol–water partition coefficient (Wildman–Crippen LogP) is 2.51. The van der Waals surface area contributed by atoms with Crippen LogP contribution in [0.1, 0.15) is 31.4 Å². The van der Waals surface area contributed by atoms with Crippen molar-refractivity contribution in [2.45, 2.75) is 27.2 Å². The first kappa shape index (κ1) is 13.4. The molecule has 0 atom stereocenters. The molecule has 4 nitrogen and oxygen atoms in total. The lowest BCUT2D eigenvalue weighted by Crippen LogP contribution is -2.13. The molecule has 0 saturated carbocycles. The molecular weight excluding hydrogens is 216 g/mol. The maximum atomic E-state index is 8.58. The topological polar surface area (TPSA) is 67.8 Å². The maximum absolute atomic E-state index is 8.58. The van der Waals surface area contributed by atoms with Gasteiger partial charge in [-0.05, 0) is 43.0 Å². The number of amidine groups is 1. The zero-order valence-corrected chi connectivity index (χ0v) is 10.6. The van der Waals surface area contributed by atoms with E-state index in [1.807, 2.05) is 19.1 Å². The third-order valence-corrected chi connectivity index (χ3v) is 2.53. The highest BCUT2D eigenvalue weighted by Crippen LogP contribution is 2.19. The Hall–Kier alpha value is -1.71. The Morgan fingerprint density at radius 3 is 2.71 bits per heavy atom. The number of hydrogen-bond acceptors (Lipinski definition) is 3. The van der Waals surface area contributed by atoms with Crippen LogP contribution in [-0.4, -0.2) is 17.6 Å². The molecule has 0 amide bonds. The predicted molar refractivity (Wildman–Crippen MR) is 68.6 cm³/mol. The Kier molecular flexibility index (Phi) is 4.82. The van der Waals surface area contributed by atoms with Gasteiger partial charge < -0.3 is 15.7 Å². The van der Waals surface area contributed by atoms with Crippen LogP contribution in [-0.2, 0) is 0 Å². The van der Waals surface area contributed by atoms with Crippen molar-refractivity contribution in [3.63, 3.8) is 0 Å². The van der Waals surface area contributed by atoms with Gasteiger partial charge in [-0.15, -0.1) is 0 Å². The van der Waals surface area contributed by atoms with E-state index in [2.05, 4.69) is 19.0 Å². The molecule has 0 aromatic heterocycles. The molecule has 0 spiro atoms. The van der Waals surface area contributed by atoms with Gasteiger partial charge >= 0.3 is 0 Å². The third kappa shape index (κ3) is 3.98. The molecule has 1 aromatic carbocycles. The zero-order chi connectivity index (χ0) is 12.8. The van der Waals surface area contributed by atoms with Gasteiger partial charge in [-0.2, -0.15) is 0 Å². The van der Waals surface area contributed by atoms with Crippen molar-refractivity contribution in [1.82, 2.24) is 0 Å². The monoisotopic (exact) mass is 236 g/mol. The summed E-state index contributed by atoms with van der Waals surface area (Å²) in [6, 6.07) is 5.48. The molecule has 0 unspecified atom stereocenters. The summed E-state index contributed by atoms with van der Waals surface area (Å²) in [6.45, 7) is 6.98. The summed E-state index contributed by atoms with van der Waals surface area (Å²) >= 11 is 0. The van der Waals surface area contributed by atoms with Gasteiger partial charge in [0.1, 0.15) is 5.75 Å². The fraction of sp³-hybridized carbons (Fsp3) is 0.462. The number of aryl methyl sites for hydroxylation is 1. The number of benzene rings is 1. The first-order valence-electron chi connectivity index (χ1n) is 5.76. The summed E-state index contributed by atoms with van der Waals surface area (Å²) in [6.07, 6.45) is 1.03. The highest BCUT2D eigenvalue weighted by atomic mass is 16.5. The van der Waals surface area contributed by atoms with E-state index >= 15 is 0 Å². The minimum atomic E-state index is 0.113. The van der Waals surface area contributed by atoms with E-state index in [-0.39, 0.29) is 5.84 Å². The van der Waals surface area contributed by atoms with Crippen molar-refractivity contribution in [3.8, 4) is 5.75 Å². The van der Waals surface area contributed by atoms with Crippen molar-refractivity contribution >= 4 is 5.84 Å². The molecule has 0 saturated heterocycles. The van der Waals surface area contributed by atoms with Crippen LogP contribution in [0.25, 0.3) is 0 Å². The number of oxime groups is 1. The molecule has 17 heavy (non-hydrogen) atoms. The molecule has 1 rings (SSSR count). The normalized spacial score (nSPS) is 11.9. The molecule has 0 heterocycles. The molecule has 0 aliphatic heterocycles. The van der Waals surface area contributed by atoms with Gasteiger partial charge in [0.15, 0.2) is 5.84 Å². The average Bonchev–Trinajstić information content (AvgIpc) is 2.29. The minimum absolute atomic E-state index is 0.113. The largest absolute Gasteiger partial charge is 0.493 e. The number of nitrogens with two attached hydrogens (primary N) is 1. The first-order valence-corrected chi connectivity index (χ1v) is 5.76. The van der Waals surface area contributed by atoms with Gasteiger partial charge in [0.25, 0.3) is 0 Å². The van der Waals surface area contributed by atoms with Gasteiger partial charge in [-0.3, -0.25) is 0 Å². The first-order chi connectivity index (χ1) is 8.04. The van der Waals surface area contributed by atoms with E-state index in [1.54, 1.807) is 6.07 Å². The summed E-state index contributed by atoms with van der Waals surface area (Å²) in [4.78, 5) is 0. The Morgan fingerprint density at radius 1 is 1.47 bits per heavy atom. The number of rotatable bonds is 5. The second kappa shape index (κ2) is 6.13. The van der Waals surface area contributed by atoms with Crippen molar-refractivity contribution in [3.05, 3.63) is 29.3 Å². The van der Waals surface area contributed by atoms with E-state index in [4.69, 9.17) is 15.7 Å². The third-order valence-electron chi connectivity index (χ3n) is 2.53. The Balaban J connectivity index is 2.70. The van der Waals surface area contributed by atoms with Crippen LogP contribution in [0.4, 0.5) is 0 Å². The van der Waals surface area contributed by atoms with Crippen molar-refractivity contribution in [2.75, 3.05) is 6.61 Å². The van der Waals surface area contributed by atoms with Gasteiger partial charge in [-0.1, -0.05) is 19.0 Å². The second-order valence-electron chi connectivity index (χ2n) is 4.50. The quantitative estimate of drug-likeness (QED) is 0.357. The zero-order valence-electron chi connectivity index (χ0n) is 10.6. The number of nitrogens with zero attached hydrogens (tertiary/aromatic N) is 1. The van der Waals surface area contributed by atoms with Crippen molar-refractivity contribution in [1.29, 1.82) is 0 Å². The highest BCUT2D eigenvalue weighted by molar-refractivity contribution is 5.97. The summed E-state index contributed by atoms with van der Waals surface area (Å²) in [7, 11) is 0. The van der Waals surface area contributed by atoms with Crippen LogP contribution in [0.2, 0.25) is 0 Å². The van der Waals surface area contributed by atoms with Crippen molar-refractivity contribution in [2.24, 2.45) is 16.8 Å². The fourth-order valence-corrected chi connectivity index (χ4v) is 1.43. The second-order valence-corrected chi connectivity index (χ2v) is 4.50. The highest BCUT2D eigenvalue weighted by Gasteiger charge is 2.04. The minimum Gasteiger partial charge on any atom is -0.493 e. The van der Waals surface area contributed by atoms with E-state index in [1.165, 1.54) is 0 Å². The molecule has 94 valence electrons. The summed E-state index contributed by atoms with van der Waals surface area (Å²) in [5, 5.41) is 11.6. The number of hydrogen-bond donors (Lipinski definition) is 2. The molecular formula is C13H20N2O2. The standard InChI is InChI=1S/C13H20N2O2/c1-9(2)6-7-17-12-5-4-11(8-10(12)3)13(14)15-16/h4-5,8-9,16H,6-7H2,1-3H3,(H2,14,15). The molecule has 0 aliphatic rings. The van der Waals surface area contributed by atoms with E-state index < -0.39 is 0 Å². The lowest BCUT2D eigenvalue weighted by molar-refractivity contribution is 0.288. The van der Waals surface area contributed by atoms with Crippen LogP contribution in [0, 0.1) is 12.8 Å². The summed E-state index contributed by atoms with van der Waals surface area (Å²) in [5.41, 5.74) is 7.19. The average molecular weight is 236 g/mol. The van der Waals surface area contributed by atoms with Gasteiger partial charge in [0, 0.05) is 5.56 Å². The van der Waals surface area contributed by atoms with Gasteiger partial charge in [-0.25, -0.2) is 0 Å². The molecule has 1 aromatic rings. The SMILES string of the molecule is Cc1cc(/C(N)=N/O)ccc1OCCC(C)C. The Labute approximate surface area is 102 Å². The van der Waals surface area contributed by atoms with E-state index in [0.29, 0.717) is 18.1 Å². The maximum Gasteiger partial charge on any atom is 0.170 e. The molecule has 0 radical (unpaired) electrons. The van der Waals surface area contributed by atoms with Gasteiger partial charge in [0.2, 0.25) is 0 Å². The van der Waals surface area contributed by atoms with E-state index in [9.17, 15) is 0 Å². The lowest BCUT2D eigenvalue weighted by Gasteiger charge is -2.11. The van der Waals surface area contributed by atoms with Gasteiger partial charge in [0.05, 0.1) is 6.61 Å². The molecule has 0 aliphatic carbocycles. The lowest BCUT2D eigenvalue weighted by atomic mass is 10.1. The molecule has 4 heteroatoms. The Morgan fingerprint density at radius 2 is 2.18 bits per heavy atom.